The van der Waals surface area contributed by atoms with Crippen molar-refractivity contribution in [3.8, 4) is 5.75 Å². The van der Waals surface area contributed by atoms with Crippen LogP contribution >= 0.6 is 15.9 Å². The summed E-state index contributed by atoms with van der Waals surface area (Å²) in [6, 6.07) is 5.25. The van der Waals surface area contributed by atoms with Gasteiger partial charge in [-0.3, -0.25) is 0 Å². The van der Waals surface area contributed by atoms with Crippen molar-refractivity contribution in [2.24, 2.45) is 0 Å². The van der Waals surface area contributed by atoms with Crippen LogP contribution in [-0.4, -0.2) is 21.6 Å². The number of hydrogen-bond donors (Lipinski definition) is 2. The molecular weight excluding hydrogens is 298 g/mol. The molecule has 0 aliphatic carbocycles. The topological polar surface area (TPSA) is 62.3 Å². The van der Waals surface area contributed by atoms with Gasteiger partial charge in [-0.05, 0) is 43.0 Å². The first kappa shape index (κ1) is 13.0. The predicted octanol–water partition coefficient (Wildman–Crippen LogP) is 3.94. The Morgan fingerprint density at radius 1 is 1.39 bits per heavy atom. The average molecular weight is 312 g/mol. The van der Waals surface area contributed by atoms with Gasteiger partial charge >= 0.3 is 6.16 Å². The van der Waals surface area contributed by atoms with Crippen LogP contribution in [0.4, 0.5) is 4.79 Å². The minimum Gasteiger partial charge on any atom is -0.449 e. The van der Waals surface area contributed by atoms with Crippen molar-refractivity contribution < 1.29 is 14.6 Å². The Kier molecular flexibility index (Phi) is 4.25. The second-order valence-corrected chi connectivity index (χ2v) is 4.83. The molecule has 0 radical (unpaired) electrons. The molecule has 4 nitrogen and oxygen atoms in total. The largest absolute Gasteiger partial charge is 0.511 e. The molecule has 96 valence electrons. The van der Waals surface area contributed by atoms with Gasteiger partial charge in [0.25, 0.3) is 0 Å². The lowest BCUT2D eigenvalue weighted by Crippen LogP contribution is -2.02. The standard InChI is InChI=1S/C13H14BrNO3/c14-6-2-1-3-9-8-15-12-5-4-10(7-11(9)12)18-13(16)17/h4-5,7-8,15H,1-3,6H2,(H,16,17). The molecule has 0 spiro atoms. The molecule has 5 heteroatoms. The first-order chi connectivity index (χ1) is 8.70. The van der Waals surface area contributed by atoms with Gasteiger partial charge in [0.1, 0.15) is 5.75 Å². The lowest BCUT2D eigenvalue weighted by molar-refractivity contribution is 0.144. The molecule has 0 aliphatic heterocycles. The Morgan fingerprint density at radius 2 is 2.22 bits per heavy atom. The lowest BCUT2D eigenvalue weighted by atomic mass is 10.1. The van der Waals surface area contributed by atoms with Crippen LogP contribution in [0.5, 0.6) is 5.75 Å². The van der Waals surface area contributed by atoms with E-state index in [0.717, 1.165) is 35.5 Å². The molecule has 0 saturated carbocycles. The Hall–Kier alpha value is -1.49. The van der Waals surface area contributed by atoms with E-state index in [4.69, 9.17) is 5.11 Å². The summed E-state index contributed by atoms with van der Waals surface area (Å²) < 4.78 is 4.67. The Balaban J connectivity index is 2.22. The number of H-pyrrole nitrogens is 1. The Morgan fingerprint density at radius 3 is 2.94 bits per heavy atom. The van der Waals surface area contributed by atoms with Crippen molar-refractivity contribution in [2.45, 2.75) is 19.3 Å². The summed E-state index contributed by atoms with van der Waals surface area (Å²) in [6.07, 6.45) is 3.89. The van der Waals surface area contributed by atoms with Gasteiger partial charge in [-0.15, -0.1) is 0 Å². The highest BCUT2D eigenvalue weighted by Crippen LogP contribution is 2.25. The molecule has 1 heterocycles. The monoisotopic (exact) mass is 311 g/mol. The van der Waals surface area contributed by atoms with Crippen LogP contribution in [0, 0.1) is 0 Å². The first-order valence-corrected chi connectivity index (χ1v) is 6.89. The van der Waals surface area contributed by atoms with Crippen molar-refractivity contribution in [1.82, 2.24) is 4.98 Å². The van der Waals surface area contributed by atoms with E-state index in [9.17, 15) is 4.79 Å². The maximum Gasteiger partial charge on any atom is 0.511 e. The summed E-state index contributed by atoms with van der Waals surface area (Å²) in [5.41, 5.74) is 2.20. The molecule has 0 aliphatic rings. The average Bonchev–Trinajstić information content (AvgIpc) is 2.72. The number of carboxylic acid groups (broad SMARTS) is 1. The molecule has 0 amide bonds. The van der Waals surface area contributed by atoms with Crippen LogP contribution in [0.2, 0.25) is 0 Å². The number of aromatic amines is 1. The molecule has 2 N–H and O–H groups in total. The first-order valence-electron chi connectivity index (χ1n) is 5.77. The second-order valence-electron chi connectivity index (χ2n) is 4.04. The highest BCUT2D eigenvalue weighted by molar-refractivity contribution is 9.09. The molecule has 1 aromatic carbocycles. The molecule has 0 fully saturated rings. The highest BCUT2D eigenvalue weighted by atomic mass is 79.9. The smallest absolute Gasteiger partial charge is 0.449 e. The minimum atomic E-state index is -1.29. The number of rotatable bonds is 5. The molecule has 1 aromatic heterocycles. The number of fused-ring (bicyclic) bond motifs is 1. The number of hydrogen-bond acceptors (Lipinski definition) is 2. The van der Waals surface area contributed by atoms with Gasteiger partial charge in [-0.2, -0.15) is 0 Å². The fourth-order valence-corrected chi connectivity index (χ4v) is 2.34. The molecule has 0 unspecified atom stereocenters. The van der Waals surface area contributed by atoms with Gasteiger partial charge in [0.05, 0.1) is 0 Å². The van der Waals surface area contributed by atoms with Gasteiger partial charge in [-0.1, -0.05) is 15.9 Å². The number of aromatic nitrogens is 1. The molecule has 2 aromatic rings. The number of halogens is 1. The van der Waals surface area contributed by atoms with Crippen LogP contribution < -0.4 is 4.74 Å². The Labute approximate surface area is 113 Å². The zero-order valence-electron chi connectivity index (χ0n) is 9.78. The lowest BCUT2D eigenvalue weighted by Gasteiger charge is -2.01. The quantitative estimate of drug-likeness (QED) is 0.380. The summed E-state index contributed by atoms with van der Waals surface area (Å²) in [7, 11) is 0. The van der Waals surface area contributed by atoms with E-state index < -0.39 is 6.16 Å². The molecule has 0 bridgehead atoms. The third kappa shape index (κ3) is 3.04. The van der Waals surface area contributed by atoms with E-state index in [1.165, 1.54) is 5.56 Å². The Bertz CT molecular complexity index is 550. The van der Waals surface area contributed by atoms with Crippen LogP contribution in [0.15, 0.2) is 24.4 Å². The van der Waals surface area contributed by atoms with Gasteiger partial charge in [0.2, 0.25) is 0 Å². The van der Waals surface area contributed by atoms with Crippen molar-refractivity contribution in [3.05, 3.63) is 30.0 Å². The summed E-state index contributed by atoms with van der Waals surface area (Å²) in [6.45, 7) is 0. The highest BCUT2D eigenvalue weighted by Gasteiger charge is 2.07. The number of unbranched alkanes of at least 4 members (excludes halogenated alkanes) is 1. The van der Waals surface area contributed by atoms with Crippen molar-refractivity contribution in [3.63, 3.8) is 0 Å². The molecule has 18 heavy (non-hydrogen) atoms. The summed E-state index contributed by atoms with van der Waals surface area (Å²) in [5, 5.41) is 10.6. The van der Waals surface area contributed by atoms with Gasteiger partial charge < -0.3 is 14.8 Å². The SMILES string of the molecule is O=C(O)Oc1ccc2[nH]cc(CCCCBr)c2c1. The zero-order valence-corrected chi connectivity index (χ0v) is 11.4. The summed E-state index contributed by atoms with van der Waals surface area (Å²) in [5.74, 6) is 0.358. The zero-order chi connectivity index (χ0) is 13.0. The minimum absolute atomic E-state index is 0.358. The summed E-state index contributed by atoms with van der Waals surface area (Å²) >= 11 is 3.41. The van der Waals surface area contributed by atoms with Gasteiger partial charge in [0.15, 0.2) is 0 Å². The van der Waals surface area contributed by atoms with E-state index in [-0.39, 0.29) is 0 Å². The van der Waals surface area contributed by atoms with Gasteiger partial charge in [-0.25, -0.2) is 4.79 Å². The normalized spacial score (nSPS) is 10.7. The number of nitrogens with one attached hydrogen (secondary N) is 1. The van der Waals surface area contributed by atoms with E-state index in [1.807, 2.05) is 12.3 Å². The van der Waals surface area contributed by atoms with Crippen LogP contribution in [0.3, 0.4) is 0 Å². The third-order valence-corrected chi connectivity index (χ3v) is 3.33. The van der Waals surface area contributed by atoms with Crippen LogP contribution in [0.25, 0.3) is 10.9 Å². The van der Waals surface area contributed by atoms with Gasteiger partial charge in [0, 0.05) is 22.4 Å². The summed E-state index contributed by atoms with van der Waals surface area (Å²) in [4.78, 5) is 13.7. The van der Waals surface area contributed by atoms with E-state index in [1.54, 1.807) is 12.1 Å². The maximum atomic E-state index is 10.5. The van der Waals surface area contributed by atoms with Crippen molar-refractivity contribution in [2.75, 3.05) is 5.33 Å². The van der Waals surface area contributed by atoms with E-state index >= 15 is 0 Å². The maximum absolute atomic E-state index is 10.5. The number of benzene rings is 1. The number of ether oxygens (including phenoxy) is 1. The molecule has 0 saturated heterocycles. The van der Waals surface area contributed by atoms with E-state index in [2.05, 4.69) is 25.7 Å². The van der Waals surface area contributed by atoms with Crippen LogP contribution in [-0.2, 0) is 6.42 Å². The van der Waals surface area contributed by atoms with Crippen molar-refractivity contribution in [1.29, 1.82) is 0 Å². The number of aryl methyl sites for hydroxylation is 1. The van der Waals surface area contributed by atoms with Crippen LogP contribution in [0.1, 0.15) is 18.4 Å². The number of alkyl halides is 1. The fraction of sp³-hybridized carbons (Fsp3) is 0.308. The predicted molar refractivity (Wildman–Crippen MR) is 73.7 cm³/mol. The van der Waals surface area contributed by atoms with E-state index in [0.29, 0.717) is 5.75 Å². The molecule has 2 rings (SSSR count). The third-order valence-electron chi connectivity index (χ3n) is 2.77. The molecular formula is C13H14BrNO3. The number of carbonyl (C=O) groups is 1. The fourth-order valence-electron chi connectivity index (χ4n) is 1.94. The second kappa shape index (κ2) is 5.91. The van der Waals surface area contributed by atoms with Crippen molar-refractivity contribution >= 4 is 33.0 Å². The molecule has 0 atom stereocenters.